The van der Waals surface area contributed by atoms with Crippen LogP contribution in [-0.2, 0) is 16.0 Å². The van der Waals surface area contributed by atoms with Gasteiger partial charge in [0.1, 0.15) is 19.0 Å². The molecule has 4 N–H and O–H groups in total. The maximum absolute atomic E-state index is 12.5. The monoisotopic (exact) mass is 544 g/mol. The number of aliphatic hydroxyl groups is 2. The zero-order valence-corrected chi connectivity index (χ0v) is 22.5. The first-order chi connectivity index (χ1) is 19.2. The minimum absolute atomic E-state index is 0.0245. The third-order valence-electron chi connectivity index (χ3n) is 7.65. The highest BCUT2D eigenvalue weighted by Crippen LogP contribution is 2.35. The Bertz CT molecular complexity index is 1460. The number of nitrogen functional groups attached to an aromatic ring is 1. The summed E-state index contributed by atoms with van der Waals surface area (Å²) in [5, 5.41) is 24.0. The van der Waals surface area contributed by atoms with Gasteiger partial charge in [-0.2, -0.15) is 9.61 Å². The molecule has 2 aliphatic rings. The van der Waals surface area contributed by atoms with Crippen LogP contribution in [0.1, 0.15) is 61.4 Å². The molecule has 2 atom stereocenters. The minimum atomic E-state index is -1.67. The molecule has 2 aliphatic heterocycles. The molecule has 208 valence electrons. The predicted molar refractivity (Wildman–Crippen MR) is 151 cm³/mol. The largest absolute Gasteiger partial charge is 0.390 e. The highest BCUT2D eigenvalue weighted by atomic mass is 16.3. The first-order valence-electron chi connectivity index (χ1n) is 13.5. The smallest absolute Gasteiger partial charge is 0.301 e. The maximum atomic E-state index is 12.5. The van der Waals surface area contributed by atoms with E-state index in [-0.39, 0.29) is 18.4 Å². The molecule has 3 aromatic heterocycles. The fourth-order valence-corrected chi connectivity index (χ4v) is 5.48. The minimum Gasteiger partial charge on any atom is -0.390 e. The van der Waals surface area contributed by atoms with Crippen LogP contribution < -0.4 is 5.73 Å². The number of hydrogen-bond acceptors (Lipinski definition) is 9. The molecule has 40 heavy (non-hydrogen) atoms. The number of amides is 1. The number of aliphatic imine (C=N–C) groups is 1. The number of fused-ring (bicyclic) bond motifs is 1. The Hall–Kier alpha value is -4.09. The summed E-state index contributed by atoms with van der Waals surface area (Å²) in [6.45, 7) is 5.80. The molecule has 11 nitrogen and oxygen atoms in total. The number of aldehydes is 1. The van der Waals surface area contributed by atoms with Crippen LogP contribution >= 0.6 is 0 Å². The zero-order chi connectivity index (χ0) is 28.4. The van der Waals surface area contributed by atoms with Gasteiger partial charge in [-0.25, -0.2) is 4.98 Å². The molecule has 5 heterocycles. The van der Waals surface area contributed by atoms with E-state index >= 15 is 0 Å². The predicted octanol–water partition coefficient (Wildman–Crippen LogP) is 2.23. The lowest BCUT2D eigenvalue weighted by molar-refractivity contribution is -0.146. The van der Waals surface area contributed by atoms with Gasteiger partial charge in [-0.15, -0.1) is 0 Å². The van der Waals surface area contributed by atoms with Crippen LogP contribution in [0.25, 0.3) is 16.8 Å². The Kier molecular flexibility index (Phi) is 7.68. The Labute approximate surface area is 232 Å². The Morgan fingerprint density at radius 2 is 2.05 bits per heavy atom. The molecule has 3 aromatic rings. The normalized spacial score (nSPS) is 19.4. The van der Waals surface area contributed by atoms with Gasteiger partial charge in [0.05, 0.1) is 18.5 Å². The summed E-state index contributed by atoms with van der Waals surface area (Å²) in [7, 11) is 0. The quantitative estimate of drug-likeness (QED) is 0.288. The lowest BCUT2D eigenvalue weighted by atomic mass is 9.88. The van der Waals surface area contributed by atoms with Crippen molar-refractivity contribution in [2.75, 3.05) is 25.4 Å². The van der Waals surface area contributed by atoms with Crippen LogP contribution in [-0.4, -0.2) is 77.9 Å². The van der Waals surface area contributed by atoms with Crippen molar-refractivity contribution in [3.8, 4) is 11.1 Å². The second-order valence-corrected chi connectivity index (χ2v) is 10.7. The number of aliphatic hydroxyl groups excluding tert-OH is 1. The van der Waals surface area contributed by atoms with Gasteiger partial charge >= 0.3 is 5.91 Å². The van der Waals surface area contributed by atoms with Crippen LogP contribution in [0.4, 0.5) is 5.82 Å². The number of carbonyl (C=O) groups excluding carboxylic acids is 2. The average Bonchev–Trinajstić information content (AvgIpc) is 3.40. The maximum Gasteiger partial charge on any atom is 0.301 e. The van der Waals surface area contributed by atoms with E-state index in [1.165, 1.54) is 6.92 Å². The number of anilines is 1. The van der Waals surface area contributed by atoms with Crippen molar-refractivity contribution in [2.45, 2.75) is 56.5 Å². The fourth-order valence-electron chi connectivity index (χ4n) is 5.48. The molecule has 0 saturated carbocycles. The molecule has 1 amide bonds. The third-order valence-corrected chi connectivity index (χ3v) is 7.65. The van der Waals surface area contributed by atoms with Crippen LogP contribution in [0.5, 0.6) is 0 Å². The van der Waals surface area contributed by atoms with E-state index in [0.717, 1.165) is 40.1 Å². The summed E-state index contributed by atoms with van der Waals surface area (Å²) in [6, 6.07) is 3.94. The Morgan fingerprint density at radius 3 is 2.70 bits per heavy atom. The van der Waals surface area contributed by atoms with Gasteiger partial charge in [-0.3, -0.25) is 14.8 Å². The zero-order valence-electron chi connectivity index (χ0n) is 22.5. The fraction of sp³-hybridized carbons (Fsp3) is 0.414. The first-order valence-corrected chi connectivity index (χ1v) is 13.5. The van der Waals surface area contributed by atoms with E-state index in [1.807, 2.05) is 18.2 Å². The number of hydrogen-bond donors (Lipinski definition) is 3. The highest BCUT2D eigenvalue weighted by Gasteiger charge is 2.38. The van der Waals surface area contributed by atoms with Gasteiger partial charge in [-0.05, 0) is 31.7 Å². The molecular formula is C29H34N7O4+. The van der Waals surface area contributed by atoms with E-state index in [9.17, 15) is 19.8 Å². The van der Waals surface area contributed by atoms with Crippen molar-refractivity contribution >= 4 is 29.4 Å². The second-order valence-electron chi connectivity index (χ2n) is 10.7. The molecule has 0 aliphatic carbocycles. The summed E-state index contributed by atoms with van der Waals surface area (Å²) in [4.78, 5) is 39.3. The SMILES string of the molecule is [CH2+]C(C)(O)C(=O)N1CCC(c2nc3c(-c4ccc(C5C=CN=C(CO)C5)nc4)cnn3c(N)c2CCC=O)CC1. The molecule has 0 radical (unpaired) electrons. The average molecular weight is 545 g/mol. The summed E-state index contributed by atoms with van der Waals surface area (Å²) in [5.74, 6) is 0.118. The number of rotatable bonds is 8. The lowest BCUT2D eigenvalue weighted by Crippen LogP contribution is -2.48. The van der Waals surface area contributed by atoms with Gasteiger partial charge in [0.25, 0.3) is 5.60 Å². The number of nitrogens with two attached hydrogens (primary N) is 1. The topological polar surface area (TPSA) is 159 Å². The molecule has 2 unspecified atom stereocenters. The lowest BCUT2D eigenvalue weighted by Gasteiger charge is -2.34. The summed E-state index contributed by atoms with van der Waals surface area (Å²) in [5.41, 5.74) is 10.4. The van der Waals surface area contributed by atoms with Gasteiger partial charge in [0.15, 0.2) is 5.65 Å². The van der Waals surface area contributed by atoms with E-state index in [2.05, 4.69) is 22.0 Å². The summed E-state index contributed by atoms with van der Waals surface area (Å²) >= 11 is 0. The molecular weight excluding hydrogens is 510 g/mol. The van der Waals surface area contributed by atoms with E-state index in [4.69, 9.17) is 10.7 Å². The first kappa shape index (κ1) is 27.5. The van der Waals surface area contributed by atoms with Crippen molar-refractivity contribution in [3.05, 3.63) is 60.7 Å². The molecule has 5 rings (SSSR count). The number of allylic oxidation sites excluding steroid dienone is 1. The van der Waals surface area contributed by atoms with Crippen molar-refractivity contribution in [1.82, 2.24) is 24.5 Å². The molecule has 0 aromatic carbocycles. The van der Waals surface area contributed by atoms with Crippen molar-refractivity contribution in [3.63, 3.8) is 0 Å². The number of piperidine rings is 1. The number of likely N-dealkylation sites (tertiary alicyclic amines) is 1. The second kappa shape index (κ2) is 11.2. The van der Waals surface area contributed by atoms with Gasteiger partial charge < -0.3 is 25.6 Å². The number of pyridine rings is 1. The molecule has 0 bridgehead atoms. The molecule has 11 heteroatoms. The molecule has 0 spiro atoms. The highest BCUT2D eigenvalue weighted by molar-refractivity contribution is 5.88. The number of nitrogens with zero attached hydrogens (tertiary/aromatic N) is 6. The van der Waals surface area contributed by atoms with E-state index < -0.39 is 11.5 Å². The van der Waals surface area contributed by atoms with Crippen LogP contribution in [0.15, 0.2) is 41.8 Å². The van der Waals surface area contributed by atoms with Crippen molar-refractivity contribution in [1.29, 1.82) is 0 Å². The van der Waals surface area contributed by atoms with Crippen LogP contribution in [0.2, 0.25) is 0 Å². The third kappa shape index (κ3) is 5.34. The van der Waals surface area contributed by atoms with Gasteiger partial charge in [-0.1, -0.05) is 12.1 Å². The standard InChI is InChI=1S/C29H34N7O4/c1-29(2,40)28(39)35-11-8-18(9-12-35)25-22(4-3-13-37)26(30)36-27(34-25)23(16-33-36)20-5-6-24(32-15-20)19-7-10-31-21(14-19)17-38/h5-7,10,13,15-16,18-19,38,40H,1,3-4,8-9,11-12,14,17,30H2,2H3/q+1. The Morgan fingerprint density at radius 1 is 1.27 bits per heavy atom. The number of aromatic nitrogens is 4. The number of carbonyl (C=O) groups is 2. The van der Waals surface area contributed by atoms with Crippen LogP contribution in [0.3, 0.4) is 0 Å². The summed E-state index contributed by atoms with van der Waals surface area (Å²) in [6.07, 6.45) is 10.7. The van der Waals surface area contributed by atoms with Crippen molar-refractivity contribution < 1.29 is 19.8 Å². The van der Waals surface area contributed by atoms with Crippen LogP contribution in [0, 0.1) is 6.92 Å². The van der Waals surface area contributed by atoms with E-state index in [0.29, 0.717) is 56.7 Å². The van der Waals surface area contributed by atoms with Crippen molar-refractivity contribution in [2.24, 2.45) is 4.99 Å². The van der Waals surface area contributed by atoms with Gasteiger partial charge in [0, 0.05) is 78.8 Å². The summed E-state index contributed by atoms with van der Waals surface area (Å²) < 4.78 is 1.61. The Balaban J connectivity index is 1.46. The molecule has 1 saturated heterocycles. The van der Waals surface area contributed by atoms with Gasteiger partial charge in [0.2, 0.25) is 0 Å². The van der Waals surface area contributed by atoms with E-state index in [1.54, 1.807) is 28.0 Å². The molecule has 1 fully saturated rings.